The molecule has 1 N–H and O–H groups in total. The number of pyridine rings is 2. The van der Waals surface area contributed by atoms with E-state index in [2.05, 4.69) is 56.5 Å². The molecule has 0 aliphatic carbocycles. The predicted octanol–water partition coefficient (Wildman–Crippen LogP) is 3.76. The van der Waals surface area contributed by atoms with E-state index < -0.39 is 0 Å². The van der Waals surface area contributed by atoms with Crippen molar-refractivity contribution in [3.05, 3.63) is 65.7 Å². The van der Waals surface area contributed by atoms with Gasteiger partial charge >= 0.3 is 0 Å². The second kappa shape index (κ2) is 5.87. The fourth-order valence-electron chi connectivity index (χ4n) is 3.71. The summed E-state index contributed by atoms with van der Waals surface area (Å²) < 4.78 is 0. The van der Waals surface area contributed by atoms with Crippen LogP contribution in [0.1, 0.15) is 30.8 Å². The van der Waals surface area contributed by atoms with Crippen molar-refractivity contribution in [1.29, 1.82) is 0 Å². The minimum Gasteiger partial charge on any atom is -0.394 e. The summed E-state index contributed by atoms with van der Waals surface area (Å²) in [7, 11) is 0. The molecule has 0 saturated heterocycles. The Bertz CT molecular complexity index is 1200. The molecular formula is C21H19N5O. The number of H-pyrrole nitrogens is 1. The van der Waals surface area contributed by atoms with E-state index in [1.54, 1.807) is 6.20 Å². The highest BCUT2D eigenvalue weighted by atomic mass is 16.6. The molecule has 4 aromatic rings. The molecule has 1 aromatic carbocycles. The first-order chi connectivity index (χ1) is 13.1. The average molecular weight is 357 g/mol. The summed E-state index contributed by atoms with van der Waals surface area (Å²) in [6.07, 6.45) is 4.42. The van der Waals surface area contributed by atoms with Gasteiger partial charge in [0.15, 0.2) is 0 Å². The first-order valence-corrected chi connectivity index (χ1v) is 8.98. The third kappa shape index (κ3) is 2.48. The van der Waals surface area contributed by atoms with Crippen LogP contribution in [0, 0.1) is 0 Å². The standard InChI is InChI=1S/C21H19N5O/c1-13-21(2,12-27-26-13)20-16-6-5-14(10-15(16)7-9-23-20)11-18-19-17(24-25-18)4-3-8-22-19/h3-10H,11-12H2,1-2H3,(H,24,25). The van der Waals surface area contributed by atoms with Crippen LogP contribution < -0.4 is 0 Å². The van der Waals surface area contributed by atoms with Crippen molar-refractivity contribution in [2.75, 3.05) is 6.61 Å². The van der Waals surface area contributed by atoms with Gasteiger partial charge in [0.25, 0.3) is 0 Å². The lowest BCUT2D eigenvalue weighted by atomic mass is 9.81. The Labute approximate surface area is 156 Å². The predicted molar refractivity (Wildman–Crippen MR) is 105 cm³/mol. The van der Waals surface area contributed by atoms with Gasteiger partial charge in [0.05, 0.1) is 22.5 Å². The summed E-state index contributed by atoms with van der Waals surface area (Å²) in [6, 6.07) is 12.4. The number of hydrogen-bond donors (Lipinski definition) is 1. The third-order valence-electron chi connectivity index (χ3n) is 5.47. The second-order valence-electron chi connectivity index (χ2n) is 7.25. The van der Waals surface area contributed by atoms with E-state index in [0.717, 1.165) is 45.3 Å². The highest BCUT2D eigenvalue weighted by Crippen LogP contribution is 2.34. The lowest BCUT2D eigenvalue weighted by molar-refractivity contribution is 0.147. The molecule has 6 nitrogen and oxygen atoms in total. The topological polar surface area (TPSA) is 76.1 Å². The molecule has 134 valence electrons. The molecule has 0 radical (unpaired) electrons. The van der Waals surface area contributed by atoms with Crippen molar-refractivity contribution in [3.8, 4) is 0 Å². The molecule has 0 saturated carbocycles. The number of aromatic amines is 1. The van der Waals surface area contributed by atoms with Gasteiger partial charge < -0.3 is 4.84 Å². The number of benzene rings is 1. The molecule has 6 heteroatoms. The Hall–Kier alpha value is -3.28. The van der Waals surface area contributed by atoms with Crippen molar-refractivity contribution in [1.82, 2.24) is 20.2 Å². The summed E-state index contributed by atoms with van der Waals surface area (Å²) in [5, 5.41) is 13.9. The SMILES string of the molecule is CC1=NOCC1(C)c1nccc2cc(Cc3[nH]nc4cccnc34)ccc12. The molecule has 0 amide bonds. The molecule has 27 heavy (non-hydrogen) atoms. The molecule has 0 bridgehead atoms. The van der Waals surface area contributed by atoms with Crippen molar-refractivity contribution >= 4 is 27.5 Å². The van der Waals surface area contributed by atoms with E-state index in [9.17, 15) is 0 Å². The number of nitrogens with one attached hydrogen (secondary N) is 1. The average Bonchev–Trinajstić information content (AvgIpc) is 3.25. The molecule has 0 spiro atoms. The van der Waals surface area contributed by atoms with Crippen LogP contribution in [0.15, 0.2) is 53.9 Å². The van der Waals surface area contributed by atoms with Gasteiger partial charge in [-0.2, -0.15) is 5.10 Å². The van der Waals surface area contributed by atoms with Crippen molar-refractivity contribution in [3.63, 3.8) is 0 Å². The van der Waals surface area contributed by atoms with Gasteiger partial charge in [-0.05, 0) is 43.0 Å². The summed E-state index contributed by atoms with van der Waals surface area (Å²) in [6.45, 7) is 4.66. The molecule has 1 atom stereocenters. The van der Waals surface area contributed by atoms with E-state index in [4.69, 9.17) is 4.84 Å². The van der Waals surface area contributed by atoms with E-state index in [1.165, 1.54) is 5.56 Å². The van der Waals surface area contributed by atoms with Crippen molar-refractivity contribution in [2.24, 2.45) is 5.16 Å². The molecule has 0 fully saturated rings. The third-order valence-corrected chi connectivity index (χ3v) is 5.47. The zero-order chi connectivity index (χ0) is 18.4. The smallest absolute Gasteiger partial charge is 0.133 e. The molecule has 1 aliphatic rings. The molecule has 3 aromatic heterocycles. The summed E-state index contributed by atoms with van der Waals surface area (Å²) in [5.41, 5.74) is 5.73. The van der Waals surface area contributed by atoms with Gasteiger partial charge in [-0.25, -0.2) is 0 Å². The van der Waals surface area contributed by atoms with Crippen LogP contribution in [0.2, 0.25) is 0 Å². The lowest BCUT2D eigenvalue weighted by Gasteiger charge is -2.22. The van der Waals surface area contributed by atoms with Crippen molar-refractivity contribution in [2.45, 2.75) is 25.7 Å². The van der Waals surface area contributed by atoms with Crippen LogP contribution in [-0.4, -0.2) is 32.5 Å². The Balaban J connectivity index is 1.56. The highest BCUT2D eigenvalue weighted by molar-refractivity contribution is 5.98. The van der Waals surface area contributed by atoms with Gasteiger partial charge in [0.1, 0.15) is 17.6 Å². The largest absolute Gasteiger partial charge is 0.394 e. The molecule has 1 unspecified atom stereocenters. The highest BCUT2D eigenvalue weighted by Gasteiger charge is 2.38. The monoisotopic (exact) mass is 357 g/mol. The zero-order valence-corrected chi connectivity index (χ0v) is 15.2. The first kappa shape index (κ1) is 15.9. The number of oxime groups is 1. The molecule has 5 rings (SSSR count). The van der Waals surface area contributed by atoms with Gasteiger partial charge in [0, 0.05) is 24.2 Å². The summed E-state index contributed by atoms with van der Waals surface area (Å²) in [4.78, 5) is 14.5. The Kier molecular flexibility index (Phi) is 3.47. The Morgan fingerprint density at radius 3 is 2.93 bits per heavy atom. The van der Waals surface area contributed by atoms with Gasteiger partial charge in [-0.1, -0.05) is 23.4 Å². The van der Waals surface area contributed by atoms with Gasteiger partial charge in [-0.3, -0.25) is 15.1 Å². The maximum absolute atomic E-state index is 5.34. The number of hydrogen-bond acceptors (Lipinski definition) is 5. The van der Waals surface area contributed by atoms with Crippen molar-refractivity contribution < 1.29 is 4.84 Å². The normalized spacial score (nSPS) is 19.4. The van der Waals surface area contributed by atoms with Gasteiger partial charge in [-0.15, -0.1) is 0 Å². The van der Waals surface area contributed by atoms with Crippen LogP contribution in [0.4, 0.5) is 0 Å². The number of fused-ring (bicyclic) bond motifs is 2. The molecular weight excluding hydrogens is 338 g/mol. The summed E-state index contributed by atoms with van der Waals surface area (Å²) >= 11 is 0. The van der Waals surface area contributed by atoms with E-state index in [-0.39, 0.29) is 5.41 Å². The fraction of sp³-hybridized carbons (Fsp3) is 0.238. The van der Waals surface area contributed by atoms with Crippen LogP contribution in [0.25, 0.3) is 21.8 Å². The molecule has 4 heterocycles. The maximum Gasteiger partial charge on any atom is 0.133 e. The van der Waals surface area contributed by atoms with Crippen LogP contribution >= 0.6 is 0 Å². The number of nitrogens with zero attached hydrogens (tertiary/aromatic N) is 4. The van der Waals surface area contributed by atoms with E-state index in [1.807, 2.05) is 25.3 Å². The summed E-state index contributed by atoms with van der Waals surface area (Å²) in [5.74, 6) is 0. The number of aromatic nitrogens is 4. The molecule has 1 aliphatic heterocycles. The van der Waals surface area contributed by atoms with E-state index in [0.29, 0.717) is 6.61 Å². The van der Waals surface area contributed by atoms with E-state index >= 15 is 0 Å². The lowest BCUT2D eigenvalue weighted by Crippen LogP contribution is -2.32. The fourth-order valence-corrected chi connectivity index (χ4v) is 3.71. The number of rotatable bonds is 3. The Morgan fingerprint density at radius 1 is 1.15 bits per heavy atom. The minimum atomic E-state index is -0.287. The van der Waals surface area contributed by atoms with Crippen LogP contribution in [-0.2, 0) is 16.7 Å². The second-order valence-corrected chi connectivity index (χ2v) is 7.25. The van der Waals surface area contributed by atoms with Crippen LogP contribution in [0.5, 0.6) is 0 Å². The maximum atomic E-state index is 5.34. The quantitative estimate of drug-likeness (QED) is 0.606. The zero-order valence-electron chi connectivity index (χ0n) is 15.2. The Morgan fingerprint density at radius 2 is 2.07 bits per heavy atom. The van der Waals surface area contributed by atoms with Crippen LogP contribution in [0.3, 0.4) is 0 Å². The first-order valence-electron chi connectivity index (χ1n) is 8.98. The van der Waals surface area contributed by atoms with Gasteiger partial charge in [0.2, 0.25) is 0 Å². The minimum absolute atomic E-state index is 0.287.